The van der Waals surface area contributed by atoms with Crippen LogP contribution < -0.4 is 0 Å². The van der Waals surface area contributed by atoms with Gasteiger partial charge in [0.05, 0.1) is 17.0 Å². The average molecular weight is 391 g/mol. The number of benzene rings is 3. The third kappa shape index (κ3) is 2.70. The van der Waals surface area contributed by atoms with Gasteiger partial charge in [0, 0.05) is 6.42 Å². The van der Waals surface area contributed by atoms with Crippen LogP contribution in [0.4, 0.5) is 0 Å². The summed E-state index contributed by atoms with van der Waals surface area (Å²) in [6, 6.07) is 24.4. The number of rotatable bonds is 3. The summed E-state index contributed by atoms with van der Waals surface area (Å²) in [5.41, 5.74) is 4.08. The number of sulfonamides is 1. The van der Waals surface area contributed by atoms with E-state index in [2.05, 4.69) is 6.07 Å². The van der Waals surface area contributed by atoms with Crippen LogP contribution in [-0.2, 0) is 21.2 Å². The zero-order valence-electron chi connectivity index (χ0n) is 15.5. The van der Waals surface area contributed by atoms with Gasteiger partial charge in [-0.05, 0) is 35.7 Å². The van der Waals surface area contributed by atoms with Gasteiger partial charge in [-0.15, -0.1) is 0 Å². The molecule has 0 bridgehead atoms. The highest BCUT2D eigenvalue weighted by atomic mass is 32.2. The summed E-state index contributed by atoms with van der Waals surface area (Å²) >= 11 is 0. The Bertz CT molecular complexity index is 1110. The summed E-state index contributed by atoms with van der Waals surface area (Å²) in [6.07, 6.45) is -0.0805. The number of nitrogens with zero attached hydrogens (tertiary/aromatic N) is 1. The smallest absolute Gasteiger partial charge is 0.246 e. The fourth-order valence-corrected chi connectivity index (χ4v) is 5.98. The van der Waals surface area contributed by atoms with E-state index in [-0.39, 0.29) is 12.1 Å². The summed E-state index contributed by atoms with van der Waals surface area (Å²) < 4.78 is 35.4. The molecule has 5 rings (SSSR count). The molecule has 0 N–H and O–H groups in total. The molecule has 1 aliphatic carbocycles. The van der Waals surface area contributed by atoms with Crippen LogP contribution in [-0.4, -0.2) is 18.8 Å². The van der Waals surface area contributed by atoms with Crippen LogP contribution in [0, 0.1) is 6.92 Å². The molecule has 1 saturated heterocycles. The van der Waals surface area contributed by atoms with Gasteiger partial charge in [0.1, 0.15) is 0 Å². The second-order valence-electron chi connectivity index (χ2n) is 7.43. The van der Waals surface area contributed by atoms with Crippen molar-refractivity contribution in [2.75, 3.05) is 0 Å². The first kappa shape index (κ1) is 17.6. The number of hydrogen-bond donors (Lipinski definition) is 0. The molecule has 1 heterocycles. The summed E-state index contributed by atoms with van der Waals surface area (Å²) in [4.78, 5) is 0.299. The lowest BCUT2D eigenvalue weighted by atomic mass is 10.1. The molecule has 2 aliphatic rings. The van der Waals surface area contributed by atoms with Gasteiger partial charge in [-0.1, -0.05) is 72.3 Å². The Labute approximate surface area is 165 Å². The lowest BCUT2D eigenvalue weighted by Crippen LogP contribution is -2.34. The van der Waals surface area contributed by atoms with Gasteiger partial charge < -0.3 is 4.74 Å². The highest BCUT2D eigenvalue weighted by Gasteiger charge is 2.53. The van der Waals surface area contributed by atoms with Crippen molar-refractivity contribution in [3.63, 3.8) is 0 Å². The normalized spacial score (nSPS) is 24.1. The zero-order valence-corrected chi connectivity index (χ0v) is 16.3. The maximum absolute atomic E-state index is 13.7. The van der Waals surface area contributed by atoms with Crippen LogP contribution in [0.25, 0.3) is 0 Å². The zero-order chi connectivity index (χ0) is 19.3. The lowest BCUT2D eigenvalue weighted by molar-refractivity contribution is 0.0217. The fourth-order valence-electron chi connectivity index (χ4n) is 4.28. The first-order valence-electron chi connectivity index (χ1n) is 9.44. The van der Waals surface area contributed by atoms with E-state index in [0.717, 1.165) is 28.7 Å². The maximum atomic E-state index is 13.7. The van der Waals surface area contributed by atoms with E-state index in [0.29, 0.717) is 4.90 Å². The first-order valence-corrected chi connectivity index (χ1v) is 10.9. The molecule has 2 unspecified atom stereocenters. The number of ether oxygens (including phenoxy) is 1. The van der Waals surface area contributed by atoms with Crippen molar-refractivity contribution in [3.05, 3.63) is 101 Å². The highest BCUT2D eigenvalue weighted by molar-refractivity contribution is 7.89. The molecular weight excluding hydrogens is 370 g/mol. The Morgan fingerprint density at radius 1 is 0.893 bits per heavy atom. The van der Waals surface area contributed by atoms with Crippen LogP contribution in [0.1, 0.15) is 34.5 Å². The van der Waals surface area contributed by atoms with E-state index in [1.54, 1.807) is 16.4 Å². The van der Waals surface area contributed by atoms with Gasteiger partial charge in [0.25, 0.3) is 0 Å². The third-order valence-electron chi connectivity index (χ3n) is 5.64. The van der Waals surface area contributed by atoms with E-state index >= 15 is 0 Å². The van der Waals surface area contributed by atoms with E-state index in [9.17, 15) is 8.42 Å². The van der Waals surface area contributed by atoms with Gasteiger partial charge in [0.15, 0.2) is 6.23 Å². The van der Waals surface area contributed by atoms with Crippen molar-refractivity contribution in [1.29, 1.82) is 0 Å². The standard InChI is InChI=1S/C23H21NO3S/c1-16-11-13-19(14-12-16)28(25,26)24-22-20-10-6-5-9-18(20)15-21(22)27-23(24)17-7-3-2-4-8-17/h2-14,21-23H,15H2,1H3/t21?,22?,23-/m0/s1. The molecule has 0 amide bonds. The molecule has 1 aliphatic heterocycles. The molecule has 3 aromatic carbocycles. The third-order valence-corrected chi connectivity index (χ3v) is 7.48. The minimum Gasteiger partial charge on any atom is -0.352 e. The summed E-state index contributed by atoms with van der Waals surface area (Å²) in [6.45, 7) is 1.95. The average Bonchev–Trinajstić information content (AvgIpc) is 3.25. The predicted molar refractivity (Wildman–Crippen MR) is 107 cm³/mol. The van der Waals surface area contributed by atoms with Gasteiger partial charge in [-0.2, -0.15) is 4.31 Å². The second-order valence-corrected chi connectivity index (χ2v) is 9.28. The molecule has 3 atom stereocenters. The Balaban J connectivity index is 1.66. The van der Waals surface area contributed by atoms with Gasteiger partial charge >= 0.3 is 0 Å². The molecule has 0 saturated carbocycles. The van der Waals surface area contributed by atoms with Crippen LogP contribution in [0.2, 0.25) is 0 Å². The minimum atomic E-state index is -3.74. The van der Waals surface area contributed by atoms with Crippen molar-refractivity contribution in [1.82, 2.24) is 4.31 Å². The largest absolute Gasteiger partial charge is 0.352 e. The van der Waals surface area contributed by atoms with E-state index in [1.807, 2.05) is 67.6 Å². The molecular formula is C23H21NO3S. The molecule has 0 radical (unpaired) electrons. The van der Waals surface area contributed by atoms with Crippen molar-refractivity contribution >= 4 is 10.0 Å². The predicted octanol–water partition coefficient (Wildman–Crippen LogP) is 4.38. The van der Waals surface area contributed by atoms with Gasteiger partial charge in [0.2, 0.25) is 10.0 Å². The molecule has 4 nitrogen and oxygen atoms in total. The Morgan fingerprint density at radius 3 is 2.32 bits per heavy atom. The Hall–Kier alpha value is -2.47. The van der Waals surface area contributed by atoms with E-state index in [1.165, 1.54) is 0 Å². The number of fused-ring (bicyclic) bond motifs is 3. The topological polar surface area (TPSA) is 46.6 Å². The second kappa shape index (κ2) is 6.55. The molecule has 3 aromatic rings. The monoisotopic (exact) mass is 391 g/mol. The lowest BCUT2D eigenvalue weighted by Gasteiger charge is -2.28. The van der Waals surface area contributed by atoms with Gasteiger partial charge in [-0.3, -0.25) is 0 Å². The molecule has 28 heavy (non-hydrogen) atoms. The van der Waals surface area contributed by atoms with Crippen molar-refractivity contribution in [2.24, 2.45) is 0 Å². The number of hydrogen-bond acceptors (Lipinski definition) is 3. The highest BCUT2D eigenvalue weighted by Crippen LogP contribution is 2.51. The molecule has 0 aromatic heterocycles. The van der Waals surface area contributed by atoms with Crippen LogP contribution in [0.3, 0.4) is 0 Å². The van der Waals surface area contributed by atoms with E-state index in [4.69, 9.17) is 4.74 Å². The Morgan fingerprint density at radius 2 is 1.57 bits per heavy atom. The minimum absolute atomic E-state index is 0.178. The summed E-state index contributed by atoms with van der Waals surface area (Å²) in [7, 11) is -3.74. The van der Waals surface area contributed by atoms with Crippen LogP contribution >= 0.6 is 0 Å². The first-order chi connectivity index (χ1) is 13.6. The van der Waals surface area contributed by atoms with Crippen molar-refractivity contribution in [3.8, 4) is 0 Å². The molecule has 5 heteroatoms. The Kier molecular flexibility index (Phi) is 4.12. The maximum Gasteiger partial charge on any atom is 0.246 e. The quantitative estimate of drug-likeness (QED) is 0.666. The van der Waals surface area contributed by atoms with Gasteiger partial charge in [-0.25, -0.2) is 8.42 Å². The molecule has 142 valence electrons. The molecule has 1 fully saturated rings. The summed E-state index contributed by atoms with van der Waals surface area (Å²) in [5, 5.41) is 0. The van der Waals surface area contributed by atoms with E-state index < -0.39 is 16.3 Å². The van der Waals surface area contributed by atoms with Crippen LogP contribution in [0.5, 0.6) is 0 Å². The fraction of sp³-hybridized carbons (Fsp3) is 0.217. The summed E-state index contributed by atoms with van der Waals surface area (Å²) in [5.74, 6) is 0. The van der Waals surface area contributed by atoms with Crippen LogP contribution in [0.15, 0.2) is 83.8 Å². The number of aryl methyl sites for hydroxylation is 1. The SMILES string of the molecule is Cc1ccc(S(=O)(=O)N2C3c4ccccc4CC3O[C@H]2c2ccccc2)cc1. The van der Waals surface area contributed by atoms with Crippen molar-refractivity contribution < 1.29 is 13.2 Å². The molecule has 0 spiro atoms. The van der Waals surface area contributed by atoms with Crippen molar-refractivity contribution in [2.45, 2.75) is 36.6 Å².